The second-order valence-electron chi connectivity index (χ2n) is 10.9. The van der Waals surface area contributed by atoms with Gasteiger partial charge in [0.2, 0.25) is 0 Å². The number of aryl methyl sites for hydroxylation is 1. The maximum Gasteiger partial charge on any atom is 0.142 e. The largest absolute Gasteiger partial charge is 0.487 e. The summed E-state index contributed by atoms with van der Waals surface area (Å²) in [6.07, 6.45) is 5.55. The number of thiophene rings is 1. The van der Waals surface area contributed by atoms with Gasteiger partial charge in [-0.3, -0.25) is 9.58 Å². The number of likely N-dealkylation sites (N-methyl/N-ethyl adjacent to an activating group) is 1. The lowest BCUT2D eigenvalue weighted by Gasteiger charge is -2.32. The predicted molar refractivity (Wildman–Crippen MR) is 170 cm³/mol. The van der Waals surface area contributed by atoms with Crippen LogP contribution in [-0.4, -0.2) is 69.3 Å². The summed E-state index contributed by atoms with van der Waals surface area (Å²) in [5.41, 5.74) is 5.66. The van der Waals surface area contributed by atoms with Crippen LogP contribution in [0.4, 0.5) is 11.5 Å². The monoisotopic (exact) mass is 619 g/mol. The molecular formula is C31H31Cl2N7OS. The summed E-state index contributed by atoms with van der Waals surface area (Å²) in [5.74, 6) is 1.40. The second-order valence-corrected chi connectivity index (χ2v) is 12.7. The van der Waals surface area contributed by atoms with Crippen molar-refractivity contribution in [2.45, 2.75) is 26.0 Å². The lowest BCUT2D eigenvalue weighted by Crippen LogP contribution is -2.45. The Hall–Kier alpha value is -3.21. The van der Waals surface area contributed by atoms with Gasteiger partial charge in [-0.1, -0.05) is 35.3 Å². The fourth-order valence-electron chi connectivity index (χ4n) is 5.77. The third-order valence-corrected chi connectivity index (χ3v) is 9.80. The average molecular weight is 621 g/mol. The highest BCUT2D eigenvalue weighted by molar-refractivity contribution is 7.22. The van der Waals surface area contributed by atoms with Crippen molar-refractivity contribution in [2.75, 3.05) is 45.1 Å². The summed E-state index contributed by atoms with van der Waals surface area (Å²) in [6, 6.07) is 13.3. The quantitative estimate of drug-likeness (QED) is 0.212. The van der Waals surface area contributed by atoms with Crippen molar-refractivity contribution in [1.29, 1.82) is 0 Å². The number of anilines is 2. The summed E-state index contributed by atoms with van der Waals surface area (Å²) in [6.45, 7) is 6.85. The van der Waals surface area contributed by atoms with Crippen LogP contribution in [0.25, 0.3) is 20.7 Å². The van der Waals surface area contributed by atoms with E-state index in [2.05, 4.69) is 36.8 Å². The first-order chi connectivity index (χ1) is 20.5. The minimum atomic E-state index is 0.384. The second kappa shape index (κ2) is 11.8. The average Bonchev–Trinajstić information content (AvgIpc) is 3.58. The van der Waals surface area contributed by atoms with Crippen LogP contribution in [0.1, 0.15) is 16.8 Å². The number of benzene rings is 2. The molecule has 7 rings (SSSR count). The molecular weight excluding hydrogens is 589 g/mol. The Morgan fingerprint density at radius 1 is 1.00 bits per heavy atom. The molecule has 1 saturated heterocycles. The molecule has 0 spiro atoms. The zero-order valence-electron chi connectivity index (χ0n) is 23.3. The Bertz CT molecular complexity index is 1740. The molecule has 11 heteroatoms. The lowest BCUT2D eigenvalue weighted by atomic mass is 9.95. The molecule has 0 bridgehead atoms. The van der Waals surface area contributed by atoms with Crippen molar-refractivity contribution in [2.24, 2.45) is 0 Å². The van der Waals surface area contributed by atoms with Gasteiger partial charge in [-0.2, -0.15) is 5.10 Å². The zero-order valence-corrected chi connectivity index (χ0v) is 25.6. The number of piperazine rings is 1. The smallest absolute Gasteiger partial charge is 0.142 e. The highest BCUT2D eigenvalue weighted by atomic mass is 35.5. The van der Waals surface area contributed by atoms with E-state index in [1.165, 1.54) is 21.7 Å². The van der Waals surface area contributed by atoms with Gasteiger partial charge in [-0.25, -0.2) is 9.97 Å². The number of halogens is 2. The molecule has 0 radical (unpaired) electrons. The van der Waals surface area contributed by atoms with Crippen LogP contribution in [0.2, 0.25) is 10.0 Å². The van der Waals surface area contributed by atoms with Crippen molar-refractivity contribution in [1.82, 2.24) is 29.5 Å². The van der Waals surface area contributed by atoms with Crippen molar-refractivity contribution in [3.63, 3.8) is 0 Å². The van der Waals surface area contributed by atoms with Crippen molar-refractivity contribution in [3.8, 4) is 16.2 Å². The molecule has 3 aromatic heterocycles. The number of aromatic nitrogens is 4. The number of ether oxygens (including phenoxy) is 1. The molecule has 4 heterocycles. The van der Waals surface area contributed by atoms with Crippen molar-refractivity contribution >= 4 is 56.3 Å². The molecule has 2 aliphatic rings. The standard InChI is InChI=1S/C31H31Cl2N7OS/c1-38-9-11-39(12-10-38)13-14-40-26-7-6-23-28-30(34-19-35-31(28)42-29(23)24(26)17-36-40)37-22-5-8-27(25(33)16-22)41-18-20-3-2-4-21(32)15-20/h2-5,8,15-17,19H,6-7,9-14,18H2,1H3,(H,34,35,37). The number of hydrogen-bond donors (Lipinski definition) is 1. The third kappa shape index (κ3) is 5.59. The molecule has 1 N–H and O–H groups in total. The lowest BCUT2D eigenvalue weighted by molar-refractivity contribution is 0.148. The molecule has 0 unspecified atom stereocenters. The molecule has 216 valence electrons. The van der Waals surface area contributed by atoms with Crippen LogP contribution >= 0.6 is 34.5 Å². The maximum atomic E-state index is 6.61. The van der Waals surface area contributed by atoms with Crippen molar-refractivity contribution in [3.05, 3.63) is 81.9 Å². The predicted octanol–water partition coefficient (Wildman–Crippen LogP) is 6.53. The summed E-state index contributed by atoms with van der Waals surface area (Å²) < 4.78 is 8.16. The topological polar surface area (TPSA) is 71.3 Å². The van der Waals surface area contributed by atoms with Gasteiger partial charge in [0.15, 0.2) is 0 Å². The molecule has 0 atom stereocenters. The van der Waals surface area contributed by atoms with E-state index in [9.17, 15) is 0 Å². The van der Waals surface area contributed by atoms with E-state index in [1.54, 1.807) is 17.7 Å². The molecule has 1 aliphatic heterocycles. The van der Waals surface area contributed by atoms with Gasteiger partial charge in [-0.15, -0.1) is 11.3 Å². The van der Waals surface area contributed by atoms with Crippen LogP contribution < -0.4 is 10.1 Å². The normalized spacial score (nSPS) is 15.5. The van der Waals surface area contributed by atoms with E-state index in [4.69, 9.17) is 33.0 Å². The first kappa shape index (κ1) is 27.6. The number of nitrogens with one attached hydrogen (secondary N) is 1. The molecule has 0 saturated carbocycles. The molecule has 2 aromatic carbocycles. The van der Waals surface area contributed by atoms with Gasteiger partial charge >= 0.3 is 0 Å². The fraction of sp³-hybridized carbons (Fsp3) is 0.323. The van der Waals surface area contributed by atoms with E-state index in [-0.39, 0.29) is 0 Å². The van der Waals surface area contributed by atoms with Crippen LogP contribution in [0.3, 0.4) is 0 Å². The van der Waals surface area contributed by atoms with E-state index >= 15 is 0 Å². The van der Waals surface area contributed by atoms with Crippen molar-refractivity contribution < 1.29 is 4.74 Å². The highest BCUT2D eigenvalue weighted by Gasteiger charge is 2.27. The van der Waals surface area contributed by atoms with E-state index < -0.39 is 0 Å². The molecule has 1 fully saturated rings. The van der Waals surface area contributed by atoms with Gasteiger partial charge in [0.1, 0.15) is 29.3 Å². The van der Waals surface area contributed by atoms with Gasteiger partial charge in [0.05, 0.1) is 23.2 Å². The Labute approximate surface area is 258 Å². The van der Waals surface area contributed by atoms with Crippen LogP contribution in [0.15, 0.2) is 55.0 Å². The zero-order chi connectivity index (χ0) is 28.6. The highest BCUT2D eigenvalue weighted by Crippen LogP contribution is 2.45. The third-order valence-electron chi connectivity index (χ3n) is 8.09. The summed E-state index contributed by atoms with van der Waals surface area (Å²) in [5, 5.41) is 10.6. The Morgan fingerprint density at radius 2 is 1.88 bits per heavy atom. The van der Waals surface area contributed by atoms with E-state index in [1.807, 2.05) is 48.7 Å². The first-order valence-electron chi connectivity index (χ1n) is 14.2. The van der Waals surface area contributed by atoms with Gasteiger partial charge < -0.3 is 15.0 Å². The minimum absolute atomic E-state index is 0.384. The Kier molecular flexibility index (Phi) is 7.77. The van der Waals surface area contributed by atoms with E-state index in [0.717, 1.165) is 79.4 Å². The van der Waals surface area contributed by atoms with Crippen LogP contribution in [0, 0.1) is 0 Å². The number of rotatable bonds is 8. The Morgan fingerprint density at radius 3 is 2.71 bits per heavy atom. The maximum absolute atomic E-state index is 6.61. The summed E-state index contributed by atoms with van der Waals surface area (Å²) in [4.78, 5) is 16.4. The Balaban J connectivity index is 1.09. The molecule has 42 heavy (non-hydrogen) atoms. The van der Waals surface area contributed by atoms with Gasteiger partial charge in [0.25, 0.3) is 0 Å². The molecule has 8 nitrogen and oxygen atoms in total. The fourth-order valence-corrected chi connectivity index (χ4v) is 7.44. The van der Waals surface area contributed by atoms with Gasteiger partial charge in [-0.05, 0) is 61.3 Å². The number of nitrogens with zero attached hydrogens (tertiary/aromatic N) is 6. The number of hydrogen-bond acceptors (Lipinski definition) is 8. The molecule has 1 aliphatic carbocycles. The van der Waals surface area contributed by atoms with E-state index in [0.29, 0.717) is 22.4 Å². The summed E-state index contributed by atoms with van der Waals surface area (Å²) >= 11 is 14.4. The molecule has 0 amide bonds. The minimum Gasteiger partial charge on any atom is -0.487 e. The van der Waals surface area contributed by atoms with Gasteiger partial charge in [0, 0.05) is 59.6 Å². The summed E-state index contributed by atoms with van der Waals surface area (Å²) in [7, 11) is 2.19. The van der Waals surface area contributed by atoms with Crippen LogP contribution in [-0.2, 0) is 26.0 Å². The molecule has 5 aromatic rings. The SMILES string of the molecule is CN1CCN(CCn2ncc3c2CCc2c-3sc3ncnc(Nc4ccc(OCc5cccc(Cl)c5)c(Cl)c4)c23)CC1. The first-order valence-corrected chi connectivity index (χ1v) is 15.8. The number of fused-ring (bicyclic) bond motifs is 5. The van der Waals surface area contributed by atoms with Crippen LogP contribution in [0.5, 0.6) is 5.75 Å².